The zero-order chi connectivity index (χ0) is 23.4. The quantitative estimate of drug-likeness (QED) is 0.583. The van der Waals surface area contributed by atoms with Gasteiger partial charge in [-0.3, -0.25) is 14.4 Å². The molecule has 0 aliphatic carbocycles. The molecule has 3 aromatic rings. The predicted molar refractivity (Wildman–Crippen MR) is 126 cm³/mol. The van der Waals surface area contributed by atoms with Crippen LogP contribution < -0.4 is 10.6 Å². The first-order valence-electron chi connectivity index (χ1n) is 10.7. The van der Waals surface area contributed by atoms with Crippen LogP contribution in [0.3, 0.4) is 0 Å². The van der Waals surface area contributed by atoms with Crippen LogP contribution in [0.5, 0.6) is 0 Å². The van der Waals surface area contributed by atoms with Crippen LogP contribution in [-0.4, -0.2) is 35.7 Å². The molecule has 0 radical (unpaired) electrons. The summed E-state index contributed by atoms with van der Waals surface area (Å²) >= 11 is 1.72. The molecule has 2 aromatic carbocycles. The first-order chi connectivity index (χ1) is 15.9. The maximum atomic E-state index is 13.2. The van der Waals surface area contributed by atoms with E-state index in [0.717, 1.165) is 6.42 Å². The lowest BCUT2D eigenvalue weighted by Crippen LogP contribution is -2.36. The van der Waals surface area contributed by atoms with Crippen molar-refractivity contribution in [3.8, 4) is 0 Å². The van der Waals surface area contributed by atoms with Crippen molar-refractivity contribution in [1.82, 2.24) is 10.2 Å². The van der Waals surface area contributed by atoms with E-state index in [1.807, 2.05) is 4.90 Å². The summed E-state index contributed by atoms with van der Waals surface area (Å²) in [6, 6.07) is 13.1. The third kappa shape index (κ3) is 5.46. The molecule has 3 amide bonds. The van der Waals surface area contributed by atoms with E-state index in [4.69, 9.17) is 0 Å². The summed E-state index contributed by atoms with van der Waals surface area (Å²) in [6.07, 6.45) is 0.833. The highest BCUT2D eigenvalue weighted by Gasteiger charge is 2.24. The van der Waals surface area contributed by atoms with Gasteiger partial charge in [-0.1, -0.05) is 18.2 Å². The summed E-state index contributed by atoms with van der Waals surface area (Å²) in [5, 5.41) is 7.36. The van der Waals surface area contributed by atoms with Gasteiger partial charge in [-0.25, -0.2) is 4.39 Å². The van der Waals surface area contributed by atoms with Crippen molar-refractivity contribution in [1.29, 1.82) is 0 Å². The molecule has 0 saturated heterocycles. The van der Waals surface area contributed by atoms with E-state index < -0.39 is 11.7 Å². The minimum Gasteiger partial charge on any atom is -0.347 e. The molecule has 0 bridgehead atoms. The Morgan fingerprint density at radius 1 is 1.09 bits per heavy atom. The van der Waals surface area contributed by atoms with E-state index in [1.54, 1.807) is 42.5 Å². The Morgan fingerprint density at radius 3 is 2.73 bits per heavy atom. The molecule has 2 heterocycles. The number of hydrogen-bond acceptors (Lipinski definition) is 4. The molecule has 1 aliphatic heterocycles. The summed E-state index contributed by atoms with van der Waals surface area (Å²) in [5.74, 6) is -1.27. The number of anilines is 1. The van der Waals surface area contributed by atoms with E-state index in [0.29, 0.717) is 35.5 Å². The lowest BCUT2D eigenvalue weighted by atomic mass is 10.0. The largest absolute Gasteiger partial charge is 0.347 e. The average molecular weight is 466 g/mol. The molecule has 0 spiro atoms. The third-order valence-corrected chi connectivity index (χ3v) is 6.66. The Hall–Kier alpha value is -3.52. The number of rotatable bonds is 6. The molecule has 170 valence electrons. The normalized spacial score (nSPS) is 12.7. The van der Waals surface area contributed by atoms with Gasteiger partial charge in [0.1, 0.15) is 5.82 Å². The van der Waals surface area contributed by atoms with Gasteiger partial charge in [0.25, 0.3) is 5.91 Å². The minimum absolute atomic E-state index is 0.0181. The number of benzene rings is 2. The highest BCUT2D eigenvalue weighted by molar-refractivity contribution is 7.10. The number of carbonyl (C=O) groups is 3. The van der Waals surface area contributed by atoms with E-state index >= 15 is 0 Å². The van der Waals surface area contributed by atoms with Gasteiger partial charge in [-0.2, -0.15) is 0 Å². The van der Waals surface area contributed by atoms with Gasteiger partial charge in [0.05, 0.1) is 13.0 Å². The van der Waals surface area contributed by atoms with Crippen molar-refractivity contribution in [2.24, 2.45) is 0 Å². The van der Waals surface area contributed by atoms with Crippen LogP contribution >= 0.6 is 11.3 Å². The second kappa shape index (κ2) is 9.95. The molecule has 2 N–H and O–H groups in total. The van der Waals surface area contributed by atoms with E-state index in [9.17, 15) is 18.8 Å². The van der Waals surface area contributed by atoms with Crippen LogP contribution in [0.1, 0.15) is 31.9 Å². The molecule has 0 saturated carbocycles. The maximum absolute atomic E-state index is 13.2. The lowest BCUT2D eigenvalue weighted by molar-refractivity contribution is -0.123. The SMILES string of the molecule is Cc1c(NC(=O)CNC(=O)Cc2cccc(F)c2)cccc1C(=O)N1CCc2sccc2C1. The summed E-state index contributed by atoms with van der Waals surface area (Å²) in [5.41, 5.74) is 3.47. The summed E-state index contributed by atoms with van der Waals surface area (Å²) in [4.78, 5) is 40.8. The maximum Gasteiger partial charge on any atom is 0.254 e. The smallest absolute Gasteiger partial charge is 0.254 e. The molecule has 0 unspecified atom stereocenters. The first-order valence-corrected chi connectivity index (χ1v) is 11.5. The standard InChI is InChI=1S/C25H24FN3O3S/c1-16-20(25(32)29-10-8-22-18(15-29)9-11-33-22)6-3-7-21(16)28-24(31)14-27-23(30)13-17-4-2-5-19(26)12-17/h2-7,9,11-12H,8,10,13-15H2,1H3,(H,27,30)(H,28,31). The van der Waals surface area contributed by atoms with Crippen LogP contribution in [0.2, 0.25) is 0 Å². The first kappa shape index (κ1) is 22.7. The van der Waals surface area contributed by atoms with Gasteiger partial charge in [0.2, 0.25) is 11.8 Å². The Morgan fingerprint density at radius 2 is 1.91 bits per heavy atom. The fraction of sp³-hybridized carbons (Fsp3) is 0.240. The zero-order valence-corrected chi connectivity index (χ0v) is 19.0. The molecular formula is C25H24FN3O3S. The number of thiophene rings is 1. The van der Waals surface area contributed by atoms with Crippen molar-refractivity contribution < 1.29 is 18.8 Å². The second-order valence-electron chi connectivity index (χ2n) is 7.96. The molecule has 33 heavy (non-hydrogen) atoms. The molecule has 0 atom stereocenters. The van der Waals surface area contributed by atoms with Gasteiger partial charge < -0.3 is 15.5 Å². The number of fused-ring (bicyclic) bond motifs is 1. The molecular weight excluding hydrogens is 441 g/mol. The van der Waals surface area contributed by atoms with Gasteiger partial charge >= 0.3 is 0 Å². The van der Waals surface area contributed by atoms with Crippen molar-refractivity contribution in [3.05, 3.63) is 86.9 Å². The lowest BCUT2D eigenvalue weighted by Gasteiger charge is -2.28. The van der Waals surface area contributed by atoms with Crippen LogP contribution in [0, 0.1) is 12.7 Å². The minimum atomic E-state index is -0.414. The van der Waals surface area contributed by atoms with Crippen LogP contribution in [0.15, 0.2) is 53.9 Å². The van der Waals surface area contributed by atoms with Gasteiger partial charge in [0, 0.05) is 29.2 Å². The van der Waals surface area contributed by atoms with Crippen molar-refractivity contribution in [2.45, 2.75) is 26.3 Å². The topological polar surface area (TPSA) is 78.5 Å². The summed E-state index contributed by atoms with van der Waals surface area (Å²) in [7, 11) is 0. The van der Waals surface area contributed by atoms with Crippen molar-refractivity contribution in [2.75, 3.05) is 18.4 Å². The molecule has 1 aromatic heterocycles. The molecule has 0 fully saturated rings. The number of amides is 3. The highest BCUT2D eigenvalue weighted by atomic mass is 32.1. The fourth-order valence-corrected chi connectivity index (χ4v) is 4.75. The van der Waals surface area contributed by atoms with E-state index in [-0.39, 0.29) is 24.8 Å². The van der Waals surface area contributed by atoms with E-state index in [2.05, 4.69) is 22.1 Å². The van der Waals surface area contributed by atoms with E-state index in [1.165, 1.54) is 28.6 Å². The highest BCUT2D eigenvalue weighted by Crippen LogP contribution is 2.27. The summed E-state index contributed by atoms with van der Waals surface area (Å²) in [6.45, 7) is 2.83. The predicted octanol–water partition coefficient (Wildman–Crippen LogP) is 3.69. The molecule has 4 rings (SSSR count). The van der Waals surface area contributed by atoms with Gasteiger partial charge in [0.15, 0.2) is 0 Å². The number of nitrogens with zero attached hydrogens (tertiary/aromatic N) is 1. The Labute approximate surface area is 195 Å². The Bertz CT molecular complexity index is 1210. The fourth-order valence-electron chi connectivity index (χ4n) is 3.86. The van der Waals surface area contributed by atoms with Gasteiger partial charge in [-0.05, 0) is 65.7 Å². The number of carbonyl (C=O) groups excluding carboxylic acids is 3. The van der Waals surface area contributed by atoms with Crippen LogP contribution in [0.4, 0.5) is 10.1 Å². The van der Waals surface area contributed by atoms with Gasteiger partial charge in [-0.15, -0.1) is 11.3 Å². The average Bonchev–Trinajstić information content (AvgIpc) is 3.27. The Kier molecular flexibility index (Phi) is 6.84. The third-order valence-electron chi connectivity index (χ3n) is 5.63. The van der Waals surface area contributed by atoms with Crippen molar-refractivity contribution >= 4 is 34.7 Å². The van der Waals surface area contributed by atoms with Crippen LogP contribution in [0.25, 0.3) is 0 Å². The van der Waals surface area contributed by atoms with Crippen LogP contribution in [-0.2, 0) is 29.0 Å². The summed E-state index contributed by atoms with van der Waals surface area (Å²) < 4.78 is 13.2. The number of nitrogens with one attached hydrogen (secondary N) is 2. The number of halogens is 1. The molecule has 8 heteroatoms. The monoisotopic (exact) mass is 465 g/mol. The second-order valence-corrected chi connectivity index (χ2v) is 8.96. The number of hydrogen-bond donors (Lipinski definition) is 2. The molecule has 6 nitrogen and oxygen atoms in total. The Balaban J connectivity index is 1.35. The zero-order valence-electron chi connectivity index (χ0n) is 18.2. The molecule has 1 aliphatic rings. The van der Waals surface area contributed by atoms with Crippen molar-refractivity contribution in [3.63, 3.8) is 0 Å².